The number of halogens is 2. The van der Waals surface area contributed by atoms with Crippen LogP contribution in [0.15, 0.2) is 24.3 Å². The number of hydrogen-bond donors (Lipinski definition) is 4. The van der Waals surface area contributed by atoms with Crippen molar-refractivity contribution in [3.8, 4) is 0 Å². The van der Waals surface area contributed by atoms with Crippen LogP contribution in [-0.2, 0) is 23.9 Å². The number of morpholine rings is 1. The van der Waals surface area contributed by atoms with Crippen LogP contribution >= 0.6 is 23.2 Å². The highest BCUT2D eigenvalue weighted by atomic mass is 35.5. The molecule has 4 N–H and O–H groups in total. The maximum absolute atomic E-state index is 11.8. The average Bonchev–Trinajstić information content (AvgIpc) is 2.73. The van der Waals surface area contributed by atoms with Crippen molar-refractivity contribution in [3.63, 3.8) is 0 Å². The maximum Gasteiger partial charge on any atom is 0.336 e. The van der Waals surface area contributed by atoms with Crippen molar-refractivity contribution in [3.05, 3.63) is 39.9 Å². The number of carbonyl (C=O) groups excluding carboxylic acids is 1. The molecule has 1 aromatic rings. The molecule has 1 aromatic carbocycles. The third kappa shape index (κ3) is 11.3. The van der Waals surface area contributed by atoms with E-state index in [1.54, 1.807) is 24.3 Å². The molecule has 10 nitrogen and oxygen atoms in total. The van der Waals surface area contributed by atoms with Crippen LogP contribution in [0.5, 0.6) is 0 Å². The third-order valence-corrected chi connectivity index (χ3v) is 5.21. The van der Waals surface area contributed by atoms with Gasteiger partial charge in [-0.15, -0.1) is 0 Å². The molecule has 1 fully saturated rings. The van der Waals surface area contributed by atoms with Crippen LogP contribution in [0.3, 0.4) is 0 Å². The van der Waals surface area contributed by atoms with E-state index >= 15 is 0 Å². The van der Waals surface area contributed by atoms with Crippen molar-refractivity contribution in [1.82, 2.24) is 4.90 Å². The van der Waals surface area contributed by atoms with Crippen molar-refractivity contribution in [2.45, 2.75) is 24.9 Å². The van der Waals surface area contributed by atoms with E-state index in [-0.39, 0.29) is 5.78 Å². The number of carboxylic acids is 3. The highest BCUT2D eigenvalue weighted by molar-refractivity contribution is 6.42. The van der Waals surface area contributed by atoms with E-state index in [0.717, 1.165) is 38.4 Å². The second kappa shape index (κ2) is 13.9. The van der Waals surface area contributed by atoms with Crippen molar-refractivity contribution in [2.75, 3.05) is 32.8 Å². The molecule has 182 valence electrons. The molecule has 0 spiro atoms. The Balaban J connectivity index is 0.000000366. The van der Waals surface area contributed by atoms with Crippen molar-refractivity contribution >= 4 is 53.0 Å². The smallest absolute Gasteiger partial charge is 0.336 e. The lowest BCUT2D eigenvalue weighted by atomic mass is 9.96. The fraction of sp³-hybridized carbons (Fsp3) is 0.429. The SMILES string of the molecule is O=C(C=Cc1ccc(Cl)c(Cl)c1)CCN1CCOCC1.O=C(O)CC(O)(CC(=O)O)C(=O)O. The summed E-state index contributed by atoms with van der Waals surface area (Å²) in [6.07, 6.45) is 1.60. The molecule has 1 aliphatic rings. The zero-order chi connectivity index (χ0) is 25.0. The number of ketones is 1. The van der Waals surface area contributed by atoms with Crippen LogP contribution in [-0.4, -0.2) is 87.5 Å². The minimum atomic E-state index is -2.74. The number of carbonyl (C=O) groups is 4. The quantitative estimate of drug-likeness (QED) is 0.346. The Bertz CT molecular complexity index is 866. The lowest BCUT2D eigenvalue weighted by molar-refractivity contribution is -0.170. The second-order valence-corrected chi connectivity index (χ2v) is 7.97. The lowest BCUT2D eigenvalue weighted by Crippen LogP contribution is -2.42. The van der Waals surface area contributed by atoms with Gasteiger partial charge >= 0.3 is 17.9 Å². The topological polar surface area (TPSA) is 162 Å². The Kier molecular flexibility index (Phi) is 12.0. The van der Waals surface area contributed by atoms with Crippen LogP contribution in [0.2, 0.25) is 10.0 Å². The first-order valence-corrected chi connectivity index (χ1v) is 10.5. The van der Waals surface area contributed by atoms with Crippen LogP contribution in [0.4, 0.5) is 0 Å². The molecule has 0 unspecified atom stereocenters. The molecule has 12 heteroatoms. The molecule has 0 atom stereocenters. The van der Waals surface area contributed by atoms with Crippen molar-refractivity contribution in [2.24, 2.45) is 0 Å². The molecule has 1 heterocycles. The average molecular weight is 506 g/mol. The molecular weight excluding hydrogens is 481 g/mol. The Labute approximate surface area is 200 Å². The van der Waals surface area contributed by atoms with Gasteiger partial charge in [-0.1, -0.05) is 35.3 Å². The Hall–Kier alpha value is -2.50. The fourth-order valence-corrected chi connectivity index (χ4v) is 3.00. The molecule has 2 rings (SSSR count). The number of allylic oxidation sites excluding steroid dienone is 1. The van der Waals surface area contributed by atoms with Gasteiger partial charge in [0.05, 0.1) is 36.1 Å². The van der Waals surface area contributed by atoms with Gasteiger partial charge in [-0.05, 0) is 23.8 Å². The Morgan fingerprint density at radius 2 is 1.58 bits per heavy atom. The van der Waals surface area contributed by atoms with E-state index in [4.69, 9.17) is 48.4 Å². The van der Waals surface area contributed by atoms with E-state index in [0.29, 0.717) is 16.5 Å². The van der Waals surface area contributed by atoms with Gasteiger partial charge in [0.2, 0.25) is 0 Å². The van der Waals surface area contributed by atoms with Gasteiger partial charge < -0.3 is 25.2 Å². The molecule has 0 aliphatic carbocycles. The third-order valence-electron chi connectivity index (χ3n) is 4.47. The van der Waals surface area contributed by atoms with Gasteiger partial charge in [0.15, 0.2) is 11.4 Å². The van der Waals surface area contributed by atoms with E-state index in [1.807, 2.05) is 6.07 Å². The number of hydrogen-bond acceptors (Lipinski definition) is 7. The van der Waals surface area contributed by atoms with Gasteiger partial charge in [0.1, 0.15) is 0 Å². The molecule has 0 aromatic heterocycles. The Morgan fingerprint density at radius 3 is 2.06 bits per heavy atom. The first kappa shape index (κ1) is 28.5. The molecule has 0 saturated carbocycles. The molecule has 0 amide bonds. The lowest BCUT2D eigenvalue weighted by Gasteiger charge is -2.25. The molecule has 0 bridgehead atoms. The molecule has 0 radical (unpaired) electrons. The first-order chi connectivity index (χ1) is 15.4. The van der Waals surface area contributed by atoms with Crippen molar-refractivity contribution < 1.29 is 44.3 Å². The fourth-order valence-electron chi connectivity index (χ4n) is 2.70. The zero-order valence-electron chi connectivity index (χ0n) is 17.6. The minimum absolute atomic E-state index is 0.113. The van der Waals surface area contributed by atoms with Crippen LogP contribution < -0.4 is 0 Å². The predicted molar refractivity (Wildman–Crippen MR) is 119 cm³/mol. The summed E-state index contributed by atoms with van der Waals surface area (Å²) >= 11 is 11.8. The molecule has 1 aliphatic heterocycles. The summed E-state index contributed by atoms with van der Waals surface area (Å²) in [4.78, 5) is 44.5. The molecule has 1 saturated heterocycles. The zero-order valence-corrected chi connectivity index (χ0v) is 19.1. The number of benzene rings is 1. The largest absolute Gasteiger partial charge is 0.481 e. The summed E-state index contributed by atoms with van der Waals surface area (Å²) in [7, 11) is 0. The number of aliphatic hydroxyl groups is 1. The van der Waals surface area contributed by atoms with E-state index in [1.165, 1.54) is 0 Å². The van der Waals surface area contributed by atoms with E-state index in [2.05, 4.69) is 4.90 Å². The monoisotopic (exact) mass is 505 g/mol. The normalized spacial score (nSPS) is 14.4. The second-order valence-electron chi connectivity index (χ2n) is 7.15. The number of carboxylic acid groups (broad SMARTS) is 3. The van der Waals surface area contributed by atoms with Gasteiger partial charge in [0, 0.05) is 26.1 Å². The van der Waals surface area contributed by atoms with Gasteiger partial charge in [-0.3, -0.25) is 19.3 Å². The van der Waals surface area contributed by atoms with Gasteiger partial charge in [-0.25, -0.2) is 4.79 Å². The number of aliphatic carboxylic acids is 3. The minimum Gasteiger partial charge on any atom is -0.481 e. The molecule has 33 heavy (non-hydrogen) atoms. The summed E-state index contributed by atoms with van der Waals surface area (Å²) in [5, 5.41) is 34.8. The summed E-state index contributed by atoms with van der Waals surface area (Å²) in [5.74, 6) is -4.91. The van der Waals surface area contributed by atoms with Crippen LogP contribution in [0, 0.1) is 0 Å². The maximum atomic E-state index is 11.8. The number of nitrogens with zero attached hydrogens (tertiary/aromatic N) is 1. The highest BCUT2D eigenvalue weighted by Crippen LogP contribution is 2.23. The standard InChI is InChI=1S/C15H17Cl2NO2.C6H8O7/c16-14-4-2-12(11-15(14)17)1-3-13(19)5-6-18-7-9-20-10-8-18;7-3(8)1-6(13,5(11)12)2-4(9)10/h1-4,11H,5-10H2;13H,1-2H2,(H,7,8)(H,9,10)(H,11,12). The van der Waals surface area contributed by atoms with Crippen LogP contribution in [0.25, 0.3) is 6.08 Å². The van der Waals surface area contributed by atoms with Crippen molar-refractivity contribution in [1.29, 1.82) is 0 Å². The number of rotatable bonds is 10. The summed E-state index contributed by atoms with van der Waals surface area (Å²) < 4.78 is 5.27. The Morgan fingerprint density at radius 1 is 1.00 bits per heavy atom. The number of ether oxygens (including phenoxy) is 1. The van der Waals surface area contributed by atoms with Gasteiger partial charge in [0.25, 0.3) is 0 Å². The predicted octanol–water partition coefficient (Wildman–Crippen LogP) is 2.05. The van der Waals surface area contributed by atoms with Gasteiger partial charge in [-0.2, -0.15) is 0 Å². The highest BCUT2D eigenvalue weighted by Gasteiger charge is 2.40. The first-order valence-electron chi connectivity index (χ1n) is 9.78. The summed E-state index contributed by atoms with van der Waals surface area (Å²) in [6.45, 7) is 4.11. The van der Waals surface area contributed by atoms with E-state index < -0.39 is 36.4 Å². The summed E-state index contributed by atoms with van der Waals surface area (Å²) in [6, 6.07) is 5.30. The van der Waals surface area contributed by atoms with Crippen LogP contribution in [0.1, 0.15) is 24.8 Å². The molecular formula is C21H25Cl2NO9. The van der Waals surface area contributed by atoms with E-state index in [9.17, 15) is 19.2 Å². The summed E-state index contributed by atoms with van der Waals surface area (Å²) in [5.41, 5.74) is -1.86.